The number of benzene rings is 1. The smallest absolute Gasteiger partial charge is 0.166 e. The molecule has 1 aromatic rings. The van der Waals surface area contributed by atoms with Crippen molar-refractivity contribution in [2.24, 2.45) is 0 Å². The van der Waals surface area contributed by atoms with E-state index < -0.39 is 0 Å². The molecule has 5 nitrogen and oxygen atoms in total. The minimum Gasteiger partial charge on any atom is -0.494 e. The molecular weight excluding hydrogens is 322 g/mol. The maximum absolute atomic E-state index is 5.85. The van der Waals surface area contributed by atoms with E-state index in [-0.39, 0.29) is 6.10 Å². The highest BCUT2D eigenvalue weighted by atomic mass is 32.1. The molecule has 24 heavy (non-hydrogen) atoms. The van der Waals surface area contributed by atoms with Crippen LogP contribution in [0.2, 0.25) is 0 Å². The second-order valence-electron chi connectivity index (χ2n) is 6.40. The normalized spacial score (nSPS) is 15.8. The van der Waals surface area contributed by atoms with Crippen molar-refractivity contribution < 1.29 is 9.47 Å². The maximum Gasteiger partial charge on any atom is 0.166 e. The Labute approximate surface area is 150 Å². The molecule has 0 amide bonds. The first-order valence-electron chi connectivity index (χ1n) is 8.61. The van der Waals surface area contributed by atoms with E-state index in [2.05, 4.69) is 48.7 Å². The highest BCUT2D eigenvalue weighted by Crippen LogP contribution is 2.35. The summed E-state index contributed by atoms with van der Waals surface area (Å²) in [7, 11) is 4.14. The second kappa shape index (κ2) is 9.08. The van der Waals surface area contributed by atoms with Crippen LogP contribution in [0.5, 0.6) is 11.5 Å². The van der Waals surface area contributed by atoms with Crippen molar-refractivity contribution in [3.8, 4) is 11.5 Å². The van der Waals surface area contributed by atoms with E-state index in [1.54, 1.807) is 0 Å². The molecule has 1 aliphatic rings. The number of hydrogen-bond acceptors (Lipinski definition) is 4. The van der Waals surface area contributed by atoms with Crippen molar-refractivity contribution in [2.75, 3.05) is 33.8 Å². The predicted octanol–water partition coefficient (Wildman–Crippen LogP) is 2.32. The first kappa shape index (κ1) is 18.8. The molecule has 0 aromatic heterocycles. The SMILES string of the molecule is CCOc1cc2c(cc1CNC(=S)NCCCN(C)C)O[C@@H](C)C2. The van der Waals surface area contributed by atoms with E-state index in [1.807, 2.05) is 6.92 Å². The molecule has 1 aliphatic heterocycles. The summed E-state index contributed by atoms with van der Waals surface area (Å²) >= 11 is 5.35. The van der Waals surface area contributed by atoms with Gasteiger partial charge in [-0.15, -0.1) is 0 Å². The molecule has 2 N–H and O–H groups in total. The van der Waals surface area contributed by atoms with Gasteiger partial charge in [0.05, 0.1) is 6.61 Å². The number of hydrogen-bond donors (Lipinski definition) is 2. The standard InChI is InChI=1S/C18H29N3O2S/c1-5-22-16-10-14-9-13(2)23-17(14)11-15(16)12-20-18(24)19-7-6-8-21(3)4/h10-11,13H,5-9,12H2,1-4H3,(H2,19,20,24)/t13-/m0/s1. The summed E-state index contributed by atoms with van der Waals surface area (Å²) in [5.41, 5.74) is 2.29. The molecule has 0 spiro atoms. The van der Waals surface area contributed by atoms with Crippen LogP contribution in [-0.2, 0) is 13.0 Å². The third kappa shape index (κ3) is 5.53. The highest BCUT2D eigenvalue weighted by Gasteiger charge is 2.21. The Morgan fingerprint density at radius 1 is 1.38 bits per heavy atom. The number of nitrogens with one attached hydrogen (secondary N) is 2. The molecule has 134 valence electrons. The van der Waals surface area contributed by atoms with Crippen molar-refractivity contribution in [3.05, 3.63) is 23.3 Å². The molecule has 1 heterocycles. The minimum atomic E-state index is 0.233. The minimum absolute atomic E-state index is 0.233. The summed E-state index contributed by atoms with van der Waals surface area (Å²) in [4.78, 5) is 2.16. The Kier molecular flexibility index (Phi) is 7.12. The average molecular weight is 352 g/mol. The molecule has 0 saturated carbocycles. The van der Waals surface area contributed by atoms with Gasteiger partial charge >= 0.3 is 0 Å². The molecule has 0 aliphatic carbocycles. The Morgan fingerprint density at radius 2 is 2.17 bits per heavy atom. The quantitative estimate of drug-likeness (QED) is 0.554. The molecule has 0 fully saturated rings. The van der Waals surface area contributed by atoms with E-state index in [9.17, 15) is 0 Å². The maximum atomic E-state index is 5.85. The van der Waals surface area contributed by atoms with Crippen LogP contribution < -0.4 is 20.1 Å². The molecule has 0 saturated heterocycles. The Hall–Kier alpha value is -1.53. The molecule has 1 aromatic carbocycles. The van der Waals surface area contributed by atoms with Crippen LogP contribution in [0.4, 0.5) is 0 Å². The van der Waals surface area contributed by atoms with Crippen molar-refractivity contribution in [1.29, 1.82) is 0 Å². The number of nitrogens with zero attached hydrogens (tertiary/aromatic N) is 1. The number of rotatable bonds is 8. The molecular formula is C18H29N3O2S. The van der Waals surface area contributed by atoms with Gasteiger partial charge in [-0.3, -0.25) is 0 Å². The fourth-order valence-electron chi connectivity index (χ4n) is 2.74. The number of ether oxygens (including phenoxy) is 2. The fourth-order valence-corrected chi connectivity index (χ4v) is 2.92. The number of thiocarbonyl (C=S) groups is 1. The lowest BCUT2D eigenvalue weighted by atomic mass is 10.1. The molecule has 0 bridgehead atoms. The van der Waals surface area contributed by atoms with Crippen LogP contribution in [-0.4, -0.2) is 49.9 Å². The van der Waals surface area contributed by atoms with Gasteiger partial charge in [0.25, 0.3) is 0 Å². The van der Waals surface area contributed by atoms with E-state index >= 15 is 0 Å². The first-order valence-corrected chi connectivity index (χ1v) is 9.02. The van der Waals surface area contributed by atoms with Crippen LogP contribution in [0, 0.1) is 0 Å². The van der Waals surface area contributed by atoms with Crippen molar-refractivity contribution in [2.45, 2.75) is 39.3 Å². The molecule has 2 rings (SSSR count). The van der Waals surface area contributed by atoms with Gasteiger partial charge < -0.3 is 25.0 Å². The van der Waals surface area contributed by atoms with E-state index in [1.165, 1.54) is 5.56 Å². The Morgan fingerprint density at radius 3 is 2.88 bits per heavy atom. The Balaban J connectivity index is 1.89. The van der Waals surface area contributed by atoms with Gasteiger partial charge in [-0.25, -0.2) is 0 Å². The van der Waals surface area contributed by atoms with Gasteiger partial charge in [-0.1, -0.05) is 0 Å². The van der Waals surface area contributed by atoms with Crippen LogP contribution >= 0.6 is 12.2 Å². The summed E-state index contributed by atoms with van der Waals surface area (Å²) in [5, 5.41) is 7.17. The lowest BCUT2D eigenvalue weighted by molar-refractivity contribution is 0.254. The second-order valence-corrected chi connectivity index (χ2v) is 6.81. The van der Waals surface area contributed by atoms with E-state index in [0.717, 1.165) is 43.0 Å². The zero-order valence-electron chi connectivity index (χ0n) is 15.1. The van der Waals surface area contributed by atoms with Gasteiger partial charge in [0.15, 0.2) is 5.11 Å². The summed E-state index contributed by atoms with van der Waals surface area (Å²) in [6, 6.07) is 4.18. The van der Waals surface area contributed by atoms with Gasteiger partial charge in [-0.2, -0.15) is 0 Å². The van der Waals surface area contributed by atoms with Crippen molar-refractivity contribution >= 4 is 17.3 Å². The summed E-state index contributed by atoms with van der Waals surface area (Å²) < 4.78 is 11.6. The fraction of sp³-hybridized carbons (Fsp3) is 0.611. The van der Waals surface area contributed by atoms with Gasteiger partial charge in [-0.05, 0) is 65.3 Å². The lowest BCUT2D eigenvalue weighted by Crippen LogP contribution is -2.36. The lowest BCUT2D eigenvalue weighted by Gasteiger charge is -2.15. The summed E-state index contributed by atoms with van der Waals surface area (Å²) in [5.74, 6) is 1.88. The molecule has 1 atom stereocenters. The van der Waals surface area contributed by atoms with Crippen molar-refractivity contribution in [3.63, 3.8) is 0 Å². The molecule has 0 unspecified atom stereocenters. The molecule has 0 radical (unpaired) electrons. The van der Waals surface area contributed by atoms with Crippen LogP contribution in [0.3, 0.4) is 0 Å². The van der Waals surface area contributed by atoms with Crippen LogP contribution in [0.25, 0.3) is 0 Å². The van der Waals surface area contributed by atoms with Gasteiger partial charge in [0.1, 0.15) is 17.6 Å². The van der Waals surface area contributed by atoms with Crippen molar-refractivity contribution in [1.82, 2.24) is 15.5 Å². The van der Waals surface area contributed by atoms with Crippen LogP contribution in [0.1, 0.15) is 31.4 Å². The highest BCUT2D eigenvalue weighted by molar-refractivity contribution is 7.80. The first-order chi connectivity index (χ1) is 11.5. The van der Waals surface area contributed by atoms with Gasteiger partial charge in [0, 0.05) is 30.6 Å². The van der Waals surface area contributed by atoms with Crippen LogP contribution in [0.15, 0.2) is 12.1 Å². The van der Waals surface area contributed by atoms with Gasteiger partial charge in [0.2, 0.25) is 0 Å². The van der Waals surface area contributed by atoms with E-state index in [0.29, 0.717) is 18.3 Å². The third-order valence-electron chi connectivity index (χ3n) is 3.89. The average Bonchev–Trinajstić information content (AvgIpc) is 2.88. The number of fused-ring (bicyclic) bond motifs is 1. The molecule has 6 heteroatoms. The largest absolute Gasteiger partial charge is 0.494 e. The zero-order chi connectivity index (χ0) is 17.5. The predicted molar refractivity (Wildman–Crippen MR) is 102 cm³/mol. The zero-order valence-corrected chi connectivity index (χ0v) is 16.0. The Bertz CT molecular complexity index is 563. The monoisotopic (exact) mass is 351 g/mol. The summed E-state index contributed by atoms with van der Waals surface area (Å²) in [6.45, 7) is 7.28. The topological polar surface area (TPSA) is 45.8 Å². The van der Waals surface area contributed by atoms with E-state index in [4.69, 9.17) is 21.7 Å². The summed E-state index contributed by atoms with van der Waals surface area (Å²) in [6.07, 6.45) is 2.23. The third-order valence-corrected chi connectivity index (χ3v) is 4.17.